The number of rotatable bonds is 4. The van der Waals surface area contributed by atoms with Crippen molar-refractivity contribution in [2.45, 2.75) is 33.7 Å². The van der Waals surface area contributed by atoms with Gasteiger partial charge in [-0.25, -0.2) is 0 Å². The smallest absolute Gasteiger partial charge is 0.248 e. The van der Waals surface area contributed by atoms with Crippen LogP contribution in [0.25, 0.3) is 0 Å². The monoisotopic (exact) mass is 275 g/mol. The van der Waals surface area contributed by atoms with Gasteiger partial charge in [0.05, 0.1) is 11.9 Å². The number of carbonyl (C=O) groups is 2. The van der Waals surface area contributed by atoms with Crippen LogP contribution in [0.1, 0.15) is 27.7 Å². The highest BCUT2D eigenvalue weighted by molar-refractivity contribution is 6.03. The second kappa shape index (κ2) is 6.84. The Morgan fingerprint density at radius 2 is 1.90 bits per heavy atom. The minimum absolute atomic E-state index is 0.0148. The molecule has 0 saturated heterocycles. The van der Waals surface area contributed by atoms with Gasteiger partial charge in [-0.2, -0.15) is 0 Å². The van der Waals surface area contributed by atoms with E-state index < -0.39 is 0 Å². The van der Waals surface area contributed by atoms with E-state index in [9.17, 15) is 9.59 Å². The molecule has 108 valence electrons. The number of amides is 2. The molecule has 2 amide bonds. The van der Waals surface area contributed by atoms with E-state index in [0.29, 0.717) is 5.69 Å². The van der Waals surface area contributed by atoms with Crippen molar-refractivity contribution in [3.63, 3.8) is 0 Å². The van der Waals surface area contributed by atoms with E-state index in [1.165, 1.54) is 18.3 Å². The van der Waals surface area contributed by atoms with Crippen molar-refractivity contribution in [3.8, 4) is 0 Å². The van der Waals surface area contributed by atoms with Gasteiger partial charge in [-0.3, -0.25) is 14.6 Å². The highest BCUT2D eigenvalue weighted by atomic mass is 16.2. The number of nitrogens with one attached hydrogen (secondary N) is 2. The molecule has 0 aliphatic rings. The minimum atomic E-state index is -0.364. The molecule has 0 aromatic carbocycles. The summed E-state index contributed by atoms with van der Waals surface area (Å²) in [7, 11) is 0. The first-order valence-electron chi connectivity index (χ1n) is 6.48. The lowest BCUT2D eigenvalue weighted by Gasteiger charge is -2.27. The van der Waals surface area contributed by atoms with E-state index in [0.717, 1.165) is 0 Å². The van der Waals surface area contributed by atoms with Gasteiger partial charge in [0.25, 0.3) is 0 Å². The number of aromatic nitrogens is 1. The molecule has 0 aliphatic carbocycles. The first-order chi connectivity index (χ1) is 9.29. The summed E-state index contributed by atoms with van der Waals surface area (Å²) >= 11 is 0. The Morgan fingerprint density at radius 3 is 2.45 bits per heavy atom. The van der Waals surface area contributed by atoms with E-state index in [2.05, 4.69) is 15.6 Å². The van der Waals surface area contributed by atoms with Crippen LogP contribution in [0.2, 0.25) is 0 Å². The van der Waals surface area contributed by atoms with Crippen LogP contribution in [0, 0.1) is 5.41 Å². The summed E-state index contributed by atoms with van der Waals surface area (Å²) in [6.45, 7) is 8.05. The average Bonchev–Trinajstić information content (AvgIpc) is 2.36. The molecule has 5 heteroatoms. The van der Waals surface area contributed by atoms with Crippen molar-refractivity contribution in [3.05, 3.63) is 36.7 Å². The number of hydrogen-bond acceptors (Lipinski definition) is 3. The van der Waals surface area contributed by atoms with Crippen LogP contribution in [-0.4, -0.2) is 22.8 Å². The Bertz CT molecular complexity index is 490. The van der Waals surface area contributed by atoms with E-state index in [4.69, 9.17) is 0 Å². The molecule has 2 N–H and O–H groups in total. The lowest BCUT2D eigenvalue weighted by molar-refractivity contribution is -0.118. The SMILES string of the molecule is CC(NC(=O)/C=C/C(=O)Nc1cccnc1)C(C)(C)C. The second-order valence-electron chi connectivity index (χ2n) is 5.66. The fourth-order valence-corrected chi connectivity index (χ4v) is 1.25. The van der Waals surface area contributed by atoms with E-state index in [1.807, 2.05) is 27.7 Å². The normalized spacial score (nSPS) is 13.0. The maximum absolute atomic E-state index is 11.7. The first kappa shape index (κ1) is 15.9. The van der Waals surface area contributed by atoms with Gasteiger partial charge in [0.1, 0.15) is 0 Å². The molecule has 0 radical (unpaired) electrons. The molecule has 1 unspecified atom stereocenters. The van der Waals surface area contributed by atoms with E-state index in [1.54, 1.807) is 18.3 Å². The van der Waals surface area contributed by atoms with Crippen LogP contribution in [0.15, 0.2) is 36.7 Å². The van der Waals surface area contributed by atoms with Crippen LogP contribution in [0.3, 0.4) is 0 Å². The van der Waals surface area contributed by atoms with Crippen LogP contribution >= 0.6 is 0 Å². The Hall–Kier alpha value is -2.17. The summed E-state index contributed by atoms with van der Waals surface area (Å²) in [5.41, 5.74) is 0.562. The third kappa shape index (κ3) is 5.65. The van der Waals surface area contributed by atoms with Crippen LogP contribution in [0.4, 0.5) is 5.69 Å². The quantitative estimate of drug-likeness (QED) is 0.827. The van der Waals surface area contributed by atoms with Crippen molar-refractivity contribution >= 4 is 17.5 Å². The molecule has 1 atom stereocenters. The number of nitrogens with zero attached hydrogens (tertiary/aromatic N) is 1. The van der Waals surface area contributed by atoms with Crippen LogP contribution in [0.5, 0.6) is 0 Å². The van der Waals surface area contributed by atoms with Crippen molar-refractivity contribution in [1.82, 2.24) is 10.3 Å². The zero-order valence-electron chi connectivity index (χ0n) is 12.3. The lowest BCUT2D eigenvalue weighted by atomic mass is 9.88. The summed E-state index contributed by atoms with van der Waals surface area (Å²) in [5.74, 6) is -0.648. The minimum Gasteiger partial charge on any atom is -0.350 e. The fraction of sp³-hybridized carbons (Fsp3) is 0.400. The van der Waals surface area contributed by atoms with Gasteiger partial charge in [0, 0.05) is 24.4 Å². The summed E-state index contributed by atoms with van der Waals surface area (Å²) in [4.78, 5) is 27.1. The van der Waals surface area contributed by atoms with Crippen molar-refractivity contribution in [2.24, 2.45) is 5.41 Å². The van der Waals surface area contributed by atoms with Crippen molar-refractivity contribution in [2.75, 3.05) is 5.32 Å². The fourth-order valence-electron chi connectivity index (χ4n) is 1.25. The largest absolute Gasteiger partial charge is 0.350 e. The number of carbonyl (C=O) groups excluding carboxylic acids is 2. The summed E-state index contributed by atoms with van der Waals surface area (Å²) in [6, 6.07) is 3.46. The van der Waals surface area contributed by atoms with Crippen molar-refractivity contribution in [1.29, 1.82) is 0 Å². The summed E-state index contributed by atoms with van der Waals surface area (Å²) in [5, 5.41) is 5.43. The van der Waals surface area contributed by atoms with Crippen molar-refractivity contribution < 1.29 is 9.59 Å². The standard InChI is InChI=1S/C15H21N3O2/c1-11(15(2,3)4)17-13(19)7-8-14(20)18-12-6-5-9-16-10-12/h5-11H,1-4H3,(H,17,19)(H,18,20)/b8-7+. The van der Waals surface area contributed by atoms with Crippen LogP contribution in [-0.2, 0) is 9.59 Å². The molecule has 1 heterocycles. The van der Waals surface area contributed by atoms with Gasteiger partial charge < -0.3 is 10.6 Å². The number of pyridine rings is 1. The van der Waals surface area contributed by atoms with Gasteiger partial charge in [-0.05, 0) is 24.5 Å². The van der Waals surface area contributed by atoms with Gasteiger partial charge in [-0.15, -0.1) is 0 Å². The van der Waals surface area contributed by atoms with Gasteiger partial charge >= 0.3 is 0 Å². The molecule has 1 aromatic rings. The zero-order chi connectivity index (χ0) is 15.2. The molecule has 1 rings (SSSR count). The Balaban J connectivity index is 2.47. The third-order valence-electron chi connectivity index (χ3n) is 2.97. The predicted molar refractivity (Wildman–Crippen MR) is 79.1 cm³/mol. The number of anilines is 1. The van der Waals surface area contributed by atoms with E-state index >= 15 is 0 Å². The van der Waals surface area contributed by atoms with Gasteiger partial charge in [-0.1, -0.05) is 20.8 Å². The maximum Gasteiger partial charge on any atom is 0.248 e. The second-order valence-corrected chi connectivity index (χ2v) is 5.66. The molecule has 0 spiro atoms. The Kier molecular flexibility index (Phi) is 5.43. The summed E-state index contributed by atoms with van der Waals surface area (Å²) < 4.78 is 0. The number of hydrogen-bond donors (Lipinski definition) is 2. The topological polar surface area (TPSA) is 71.1 Å². The molecule has 20 heavy (non-hydrogen) atoms. The highest BCUT2D eigenvalue weighted by Gasteiger charge is 2.20. The maximum atomic E-state index is 11.7. The van der Waals surface area contributed by atoms with Crippen LogP contribution < -0.4 is 10.6 Å². The Morgan fingerprint density at radius 1 is 1.25 bits per heavy atom. The predicted octanol–water partition coefficient (Wildman–Crippen LogP) is 2.13. The summed E-state index contributed by atoms with van der Waals surface area (Å²) in [6.07, 6.45) is 5.59. The molecular formula is C15H21N3O2. The lowest BCUT2D eigenvalue weighted by Crippen LogP contribution is -2.40. The van der Waals surface area contributed by atoms with Gasteiger partial charge in [0.15, 0.2) is 0 Å². The molecule has 0 aliphatic heterocycles. The zero-order valence-corrected chi connectivity index (χ0v) is 12.3. The third-order valence-corrected chi connectivity index (χ3v) is 2.97. The average molecular weight is 275 g/mol. The van der Waals surface area contributed by atoms with E-state index in [-0.39, 0.29) is 23.3 Å². The molecule has 5 nitrogen and oxygen atoms in total. The molecule has 1 aromatic heterocycles. The van der Waals surface area contributed by atoms with Gasteiger partial charge in [0.2, 0.25) is 11.8 Å². The molecule has 0 saturated carbocycles. The first-order valence-corrected chi connectivity index (χ1v) is 6.48. The molecule has 0 bridgehead atoms. The molecular weight excluding hydrogens is 254 g/mol. The Labute approximate surface area is 119 Å². The molecule has 0 fully saturated rings. The highest BCUT2D eigenvalue weighted by Crippen LogP contribution is 2.18.